The molecule has 0 radical (unpaired) electrons. The summed E-state index contributed by atoms with van der Waals surface area (Å²) in [5.74, 6) is 2.15. The first-order valence-electron chi connectivity index (χ1n) is 10.5. The zero-order valence-corrected chi connectivity index (χ0v) is 18.6. The number of nitrogens with zero attached hydrogens (tertiary/aromatic N) is 2. The predicted molar refractivity (Wildman–Crippen MR) is 121 cm³/mol. The molecule has 2 rings (SSSR count). The number of carbonyl (C=O) groups is 1. The molecular formula is C22H36N4OS. The Morgan fingerprint density at radius 2 is 2.11 bits per heavy atom. The van der Waals surface area contributed by atoms with Crippen molar-refractivity contribution in [3.63, 3.8) is 0 Å². The number of hydrogen-bond acceptors (Lipinski definition) is 3. The van der Waals surface area contributed by atoms with E-state index in [9.17, 15) is 4.79 Å². The van der Waals surface area contributed by atoms with E-state index >= 15 is 0 Å². The van der Waals surface area contributed by atoms with Gasteiger partial charge in [-0.25, -0.2) is 0 Å². The van der Waals surface area contributed by atoms with Crippen molar-refractivity contribution >= 4 is 23.6 Å². The van der Waals surface area contributed by atoms with Crippen LogP contribution in [0.1, 0.15) is 55.5 Å². The lowest BCUT2D eigenvalue weighted by Gasteiger charge is -2.30. The first kappa shape index (κ1) is 22.6. The summed E-state index contributed by atoms with van der Waals surface area (Å²) in [6, 6.07) is 8.38. The molecular weight excluding hydrogens is 368 g/mol. The van der Waals surface area contributed by atoms with Crippen molar-refractivity contribution in [2.24, 2.45) is 4.99 Å². The zero-order valence-electron chi connectivity index (χ0n) is 17.8. The highest BCUT2D eigenvalue weighted by atomic mass is 32.2. The Hall–Kier alpha value is -1.69. The van der Waals surface area contributed by atoms with Crippen LogP contribution >= 0.6 is 11.8 Å². The van der Waals surface area contributed by atoms with E-state index in [2.05, 4.69) is 42.3 Å². The maximum atomic E-state index is 12.1. The molecule has 1 aliphatic carbocycles. The third-order valence-corrected chi connectivity index (χ3v) is 6.20. The Bertz CT molecular complexity index is 645. The molecule has 1 saturated carbocycles. The van der Waals surface area contributed by atoms with E-state index in [1.54, 1.807) is 19.0 Å². The van der Waals surface area contributed by atoms with Crippen molar-refractivity contribution in [3.8, 4) is 0 Å². The van der Waals surface area contributed by atoms with Crippen LogP contribution in [0, 0.1) is 0 Å². The Balaban J connectivity index is 1.92. The van der Waals surface area contributed by atoms with Crippen molar-refractivity contribution in [1.29, 1.82) is 0 Å². The first-order valence-corrected chi connectivity index (χ1v) is 11.5. The number of carbonyl (C=O) groups excluding carboxylic acids is 1. The molecule has 0 heterocycles. The summed E-state index contributed by atoms with van der Waals surface area (Å²) in [6.45, 7) is 5.91. The van der Waals surface area contributed by atoms with Gasteiger partial charge in [-0.05, 0) is 56.1 Å². The van der Waals surface area contributed by atoms with Crippen molar-refractivity contribution in [1.82, 2.24) is 15.5 Å². The maximum Gasteiger partial charge on any atom is 0.253 e. The quantitative estimate of drug-likeness (QED) is 0.514. The van der Waals surface area contributed by atoms with Crippen LogP contribution in [0.4, 0.5) is 0 Å². The van der Waals surface area contributed by atoms with E-state index in [1.165, 1.54) is 31.4 Å². The topological polar surface area (TPSA) is 56.7 Å². The van der Waals surface area contributed by atoms with E-state index in [-0.39, 0.29) is 5.91 Å². The van der Waals surface area contributed by atoms with Gasteiger partial charge in [-0.3, -0.25) is 9.79 Å². The summed E-state index contributed by atoms with van der Waals surface area (Å²) < 4.78 is 0. The van der Waals surface area contributed by atoms with Gasteiger partial charge in [0.15, 0.2) is 5.96 Å². The van der Waals surface area contributed by atoms with Crippen LogP contribution in [-0.4, -0.2) is 61.0 Å². The van der Waals surface area contributed by atoms with E-state index in [0.29, 0.717) is 12.6 Å². The molecule has 1 fully saturated rings. The zero-order chi connectivity index (χ0) is 20.4. The fraction of sp³-hybridized carbons (Fsp3) is 0.636. The van der Waals surface area contributed by atoms with Crippen molar-refractivity contribution < 1.29 is 4.79 Å². The molecule has 156 valence electrons. The summed E-state index contributed by atoms with van der Waals surface area (Å²) in [5, 5.41) is 7.79. The molecule has 0 saturated heterocycles. The van der Waals surface area contributed by atoms with Gasteiger partial charge < -0.3 is 15.5 Å². The second-order valence-electron chi connectivity index (χ2n) is 7.50. The maximum absolute atomic E-state index is 12.1. The Morgan fingerprint density at radius 3 is 2.82 bits per heavy atom. The second-order valence-corrected chi connectivity index (χ2v) is 9.07. The minimum atomic E-state index is 0.0390. The van der Waals surface area contributed by atoms with Crippen molar-refractivity contribution in [2.45, 2.75) is 57.2 Å². The monoisotopic (exact) mass is 404 g/mol. The largest absolute Gasteiger partial charge is 0.357 e. The van der Waals surface area contributed by atoms with Gasteiger partial charge in [-0.15, -0.1) is 0 Å². The van der Waals surface area contributed by atoms with Crippen LogP contribution < -0.4 is 10.6 Å². The third-order valence-electron chi connectivity index (χ3n) is 4.96. The molecule has 6 heteroatoms. The van der Waals surface area contributed by atoms with E-state index in [4.69, 9.17) is 4.99 Å². The van der Waals surface area contributed by atoms with E-state index < -0.39 is 0 Å². The Morgan fingerprint density at radius 1 is 1.29 bits per heavy atom. The Labute approximate surface area is 174 Å². The van der Waals surface area contributed by atoms with Gasteiger partial charge in [0.25, 0.3) is 5.91 Å². The third kappa shape index (κ3) is 7.38. The number of guanidine groups is 1. The van der Waals surface area contributed by atoms with Crippen LogP contribution in [0.3, 0.4) is 0 Å². The number of amides is 1. The number of hydrogen-bond donors (Lipinski definition) is 2. The number of benzene rings is 1. The summed E-state index contributed by atoms with van der Waals surface area (Å²) in [6.07, 6.45) is 5.90. The van der Waals surface area contributed by atoms with Gasteiger partial charge in [0.2, 0.25) is 0 Å². The molecule has 1 amide bonds. The molecule has 0 spiro atoms. The SMILES string of the molecule is CCNC(=NCCc1cccc(C(=O)N(C)C)c1)NC1CCCC(SCC)C1. The van der Waals surface area contributed by atoms with Gasteiger partial charge in [0.05, 0.1) is 0 Å². The number of aliphatic imine (C=N–C) groups is 1. The number of rotatable bonds is 8. The van der Waals surface area contributed by atoms with Gasteiger partial charge in [0, 0.05) is 44.0 Å². The second kappa shape index (κ2) is 12.0. The molecule has 1 aromatic carbocycles. The van der Waals surface area contributed by atoms with Gasteiger partial charge >= 0.3 is 0 Å². The van der Waals surface area contributed by atoms with Crippen LogP contribution in [0.15, 0.2) is 29.3 Å². The smallest absolute Gasteiger partial charge is 0.253 e. The van der Waals surface area contributed by atoms with Crippen LogP contribution in [0.2, 0.25) is 0 Å². The normalized spacial score (nSPS) is 19.9. The van der Waals surface area contributed by atoms with E-state index in [0.717, 1.165) is 35.3 Å². The molecule has 28 heavy (non-hydrogen) atoms. The van der Waals surface area contributed by atoms with Crippen molar-refractivity contribution in [2.75, 3.05) is 32.9 Å². The van der Waals surface area contributed by atoms with Gasteiger partial charge in [-0.1, -0.05) is 25.5 Å². The fourth-order valence-corrected chi connectivity index (χ4v) is 4.76. The van der Waals surface area contributed by atoms with E-state index in [1.807, 2.05) is 18.2 Å². The molecule has 0 aromatic heterocycles. The fourth-order valence-electron chi connectivity index (χ4n) is 3.59. The lowest BCUT2D eigenvalue weighted by Crippen LogP contribution is -2.45. The van der Waals surface area contributed by atoms with Crippen LogP contribution in [0.5, 0.6) is 0 Å². The minimum absolute atomic E-state index is 0.0390. The molecule has 1 aliphatic rings. The predicted octanol–water partition coefficient (Wildman–Crippen LogP) is 3.55. The van der Waals surface area contributed by atoms with Gasteiger partial charge in [0.1, 0.15) is 0 Å². The molecule has 0 aliphatic heterocycles. The Kier molecular flexibility index (Phi) is 9.68. The highest BCUT2D eigenvalue weighted by Crippen LogP contribution is 2.28. The molecule has 2 unspecified atom stereocenters. The minimum Gasteiger partial charge on any atom is -0.357 e. The van der Waals surface area contributed by atoms with Crippen LogP contribution in [-0.2, 0) is 6.42 Å². The molecule has 0 bridgehead atoms. The highest BCUT2D eigenvalue weighted by Gasteiger charge is 2.22. The lowest BCUT2D eigenvalue weighted by atomic mass is 9.95. The molecule has 2 atom stereocenters. The number of nitrogens with one attached hydrogen (secondary N) is 2. The van der Waals surface area contributed by atoms with Crippen LogP contribution in [0.25, 0.3) is 0 Å². The molecule has 5 nitrogen and oxygen atoms in total. The number of thioether (sulfide) groups is 1. The average Bonchev–Trinajstić information content (AvgIpc) is 2.68. The molecule has 1 aromatic rings. The van der Waals surface area contributed by atoms with Crippen molar-refractivity contribution in [3.05, 3.63) is 35.4 Å². The standard InChI is InChI=1S/C22H36N4OS/c1-5-23-22(25-19-11-8-12-20(16-19)28-6-2)24-14-13-17-9-7-10-18(15-17)21(27)26(3)4/h7,9-10,15,19-20H,5-6,8,11-14,16H2,1-4H3,(H2,23,24,25). The molecule has 2 N–H and O–H groups in total. The van der Waals surface area contributed by atoms with Gasteiger partial charge in [-0.2, -0.15) is 11.8 Å². The average molecular weight is 405 g/mol. The summed E-state index contributed by atoms with van der Waals surface area (Å²) >= 11 is 2.09. The first-order chi connectivity index (χ1) is 13.5. The lowest BCUT2D eigenvalue weighted by molar-refractivity contribution is 0.0827. The summed E-state index contributed by atoms with van der Waals surface area (Å²) in [7, 11) is 3.56. The summed E-state index contributed by atoms with van der Waals surface area (Å²) in [5.41, 5.74) is 1.88. The highest BCUT2D eigenvalue weighted by molar-refractivity contribution is 7.99. The summed E-state index contributed by atoms with van der Waals surface area (Å²) in [4.78, 5) is 18.5.